The molecular weight excluding hydrogens is 392 g/mol. The summed E-state index contributed by atoms with van der Waals surface area (Å²) in [7, 11) is 0. The third-order valence-electron chi connectivity index (χ3n) is 4.62. The Morgan fingerprint density at radius 3 is 2.84 bits per heavy atom. The fraction of sp³-hybridized carbons (Fsp3) is 0.0833. The predicted molar refractivity (Wildman–Crippen MR) is 119 cm³/mol. The normalized spacial score (nSPS) is 11.0. The third-order valence-corrected chi connectivity index (χ3v) is 4.62. The second-order valence-electron chi connectivity index (χ2n) is 6.64. The number of phenols is 1. The number of rotatable bonds is 6. The molecule has 0 atom stereocenters. The van der Waals surface area contributed by atoms with E-state index in [1.165, 1.54) is 6.21 Å². The maximum absolute atomic E-state index is 12.9. The van der Waals surface area contributed by atoms with Gasteiger partial charge in [0, 0.05) is 28.9 Å². The molecule has 7 nitrogen and oxygen atoms in total. The van der Waals surface area contributed by atoms with Crippen LogP contribution in [0.5, 0.6) is 11.5 Å². The molecule has 0 aliphatic heterocycles. The zero-order chi connectivity index (χ0) is 21.6. The molecule has 0 unspecified atom stereocenters. The monoisotopic (exact) mass is 412 g/mol. The number of benzene rings is 2. The lowest BCUT2D eigenvalue weighted by Crippen LogP contribution is -2.18. The van der Waals surface area contributed by atoms with Crippen molar-refractivity contribution in [2.75, 3.05) is 6.61 Å². The molecule has 7 heteroatoms. The molecule has 1 amide bonds. The van der Waals surface area contributed by atoms with E-state index in [4.69, 9.17) is 4.74 Å². The summed E-state index contributed by atoms with van der Waals surface area (Å²) in [6, 6.07) is 17.9. The molecule has 4 rings (SSSR count). The van der Waals surface area contributed by atoms with Crippen LogP contribution in [-0.2, 0) is 0 Å². The van der Waals surface area contributed by atoms with E-state index in [-0.39, 0.29) is 11.7 Å². The first-order valence-corrected chi connectivity index (χ1v) is 9.75. The Morgan fingerprint density at radius 1 is 1.16 bits per heavy atom. The van der Waals surface area contributed by atoms with Gasteiger partial charge >= 0.3 is 0 Å². The summed E-state index contributed by atoms with van der Waals surface area (Å²) in [6.45, 7) is 2.26. The highest BCUT2D eigenvalue weighted by molar-refractivity contribution is 6.07. The Morgan fingerprint density at radius 2 is 2.03 bits per heavy atom. The second-order valence-corrected chi connectivity index (χ2v) is 6.64. The number of hydrogen-bond donors (Lipinski definition) is 2. The van der Waals surface area contributed by atoms with Gasteiger partial charge in [0.2, 0.25) is 0 Å². The van der Waals surface area contributed by atoms with Gasteiger partial charge in [-0.2, -0.15) is 5.10 Å². The molecule has 0 aliphatic rings. The highest BCUT2D eigenvalue weighted by Crippen LogP contribution is 2.28. The third kappa shape index (κ3) is 4.35. The van der Waals surface area contributed by atoms with Crippen molar-refractivity contribution in [1.29, 1.82) is 0 Å². The molecule has 0 spiro atoms. The predicted octanol–water partition coefficient (Wildman–Crippen LogP) is 4.17. The molecule has 31 heavy (non-hydrogen) atoms. The molecule has 0 aliphatic carbocycles. The zero-order valence-electron chi connectivity index (χ0n) is 16.8. The number of nitrogens with one attached hydrogen (secondary N) is 1. The van der Waals surface area contributed by atoms with Gasteiger partial charge in [0.15, 0.2) is 11.5 Å². The van der Waals surface area contributed by atoms with Gasteiger partial charge in [-0.3, -0.25) is 9.78 Å². The maximum atomic E-state index is 12.9. The molecule has 2 N–H and O–H groups in total. The Balaban J connectivity index is 1.64. The minimum atomic E-state index is -0.388. The van der Waals surface area contributed by atoms with Gasteiger partial charge in [0.05, 0.1) is 29.6 Å². The van der Waals surface area contributed by atoms with Gasteiger partial charge in [0.1, 0.15) is 0 Å². The number of carbonyl (C=O) groups excluding carboxylic acids is 1. The van der Waals surface area contributed by atoms with E-state index in [1.807, 2.05) is 43.3 Å². The molecule has 2 aromatic heterocycles. The number of para-hydroxylation sites is 2. The minimum Gasteiger partial charge on any atom is -0.504 e. The van der Waals surface area contributed by atoms with E-state index in [1.54, 1.807) is 36.7 Å². The smallest absolute Gasteiger partial charge is 0.272 e. The number of carbonyl (C=O) groups is 1. The van der Waals surface area contributed by atoms with E-state index < -0.39 is 0 Å². The van der Waals surface area contributed by atoms with Gasteiger partial charge < -0.3 is 9.84 Å². The quantitative estimate of drug-likeness (QED) is 0.366. The van der Waals surface area contributed by atoms with Gasteiger partial charge in [-0.15, -0.1) is 0 Å². The minimum absolute atomic E-state index is 0.0319. The van der Waals surface area contributed by atoms with Crippen LogP contribution in [0.15, 0.2) is 78.2 Å². The van der Waals surface area contributed by atoms with Gasteiger partial charge in [-0.25, -0.2) is 10.4 Å². The van der Waals surface area contributed by atoms with Crippen LogP contribution in [-0.4, -0.2) is 33.8 Å². The van der Waals surface area contributed by atoms with Crippen LogP contribution in [0.4, 0.5) is 0 Å². The van der Waals surface area contributed by atoms with Crippen molar-refractivity contribution in [3.8, 4) is 22.8 Å². The van der Waals surface area contributed by atoms with Gasteiger partial charge in [-0.1, -0.05) is 24.3 Å². The summed E-state index contributed by atoms with van der Waals surface area (Å²) in [6.07, 6.45) is 4.76. The van der Waals surface area contributed by atoms with E-state index in [0.717, 1.165) is 5.56 Å². The van der Waals surface area contributed by atoms with Crippen LogP contribution in [0.1, 0.15) is 22.8 Å². The largest absolute Gasteiger partial charge is 0.504 e. The fourth-order valence-electron chi connectivity index (χ4n) is 3.16. The van der Waals surface area contributed by atoms with Crippen LogP contribution in [0, 0.1) is 0 Å². The van der Waals surface area contributed by atoms with E-state index in [0.29, 0.717) is 40.1 Å². The van der Waals surface area contributed by atoms with Crippen molar-refractivity contribution in [2.24, 2.45) is 5.10 Å². The molecular formula is C24H20N4O3. The highest BCUT2D eigenvalue weighted by Gasteiger charge is 2.14. The standard InChI is InChI=1S/C24H20N4O3/c1-2-31-22-11-5-7-17(23(22)29)15-26-28-24(30)19-13-21(16-8-6-12-25-14-16)27-20-10-4-3-9-18(19)20/h3-15,29H,2H2,1H3,(H,28,30). The van der Waals surface area contributed by atoms with Crippen LogP contribution in [0.2, 0.25) is 0 Å². The van der Waals surface area contributed by atoms with Gasteiger partial charge in [0.25, 0.3) is 5.91 Å². The lowest BCUT2D eigenvalue weighted by molar-refractivity contribution is 0.0956. The number of fused-ring (bicyclic) bond motifs is 1. The number of phenolic OH excluding ortho intramolecular Hbond substituents is 1. The Kier molecular flexibility index (Phi) is 5.84. The van der Waals surface area contributed by atoms with Crippen molar-refractivity contribution < 1.29 is 14.6 Å². The van der Waals surface area contributed by atoms with Crippen LogP contribution in [0.25, 0.3) is 22.2 Å². The first-order valence-electron chi connectivity index (χ1n) is 9.75. The summed E-state index contributed by atoms with van der Waals surface area (Å²) >= 11 is 0. The number of hydrogen-bond acceptors (Lipinski definition) is 6. The van der Waals surface area contributed by atoms with Crippen molar-refractivity contribution in [2.45, 2.75) is 6.92 Å². The van der Waals surface area contributed by atoms with Gasteiger partial charge in [-0.05, 0) is 43.3 Å². The average Bonchev–Trinajstić information content (AvgIpc) is 2.81. The molecule has 154 valence electrons. The van der Waals surface area contributed by atoms with E-state index in [9.17, 15) is 9.90 Å². The molecule has 0 bridgehead atoms. The number of ether oxygens (including phenoxy) is 1. The SMILES string of the molecule is CCOc1cccc(C=NNC(=O)c2cc(-c3cccnc3)nc3ccccc23)c1O. The number of amides is 1. The molecule has 2 heterocycles. The number of nitrogens with zero attached hydrogens (tertiary/aromatic N) is 3. The number of aromatic hydroxyl groups is 1. The Hall–Kier alpha value is -4.26. The van der Waals surface area contributed by atoms with Crippen LogP contribution >= 0.6 is 0 Å². The van der Waals surface area contributed by atoms with Crippen molar-refractivity contribution in [3.05, 3.63) is 84.2 Å². The Labute approximate surface area is 179 Å². The van der Waals surface area contributed by atoms with Crippen molar-refractivity contribution >= 4 is 23.0 Å². The molecule has 4 aromatic rings. The summed E-state index contributed by atoms with van der Waals surface area (Å²) in [5, 5.41) is 15.0. The summed E-state index contributed by atoms with van der Waals surface area (Å²) < 4.78 is 5.37. The molecule has 0 saturated heterocycles. The lowest BCUT2D eigenvalue weighted by atomic mass is 10.0. The first-order chi connectivity index (χ1) is 15.2. The summed E-state index contributed by atoms with van der Waals surface area (Å²) in [5.74, 6) is -0.0602. The summed E-state index contributed by atoms with van der Waals surface area (Å²) in [5.41, 5.74) is 5.55. The Bertz CT molecular complexity index is 1260. The van der Waals surface area contributed by atoms with Crippen molar-refractivity contribution in [3.63, 3.8) is 0 Å². The number of aromatic nitrogens is 2. The average molecular weight is 412 g/mol. The fourth-order valence-corrected chi connectivity index (χ4v) is 3.16. The van der Waals surface area contributed by atoms with Crippen LogP contribution in [0.3, 0.4) is 0 Å². The maximum Gasteiger partial charge on any atom is 0.272 e. The topological polar surface area (TPSA) is 96.7 Å². The number of pyridine rings is 2. The van der Waals surface area contributed by atoms with Crippen LogP contribution < -0.4 is 10.2 Å². The van der Waals surface area contributed by atoms with Crippen molar-refractivity contribution in [1.82, 2.24) is 15.4 Å². The second kappa shape index (κ2) is 9.04. The number of hydrazone groups is 1. The summed E-state index contributed by atoms with van der Waals surface area (Å²) in [4.78, 5) is 21.7. The zero-order valence-corrected chi connectivity index (χ0v) is 16.8. The lowest BCUT2D eigenvalue weighted by Gasteiger charge is -2.09. The molecule has 0 saturated carbocycles. The first kappa shape index (κ1) is 20.0. The van der Waals surface area contributed by atoms with E-state index >= 15 is 0 Å². The van der Waals surface area contributed by atoms with E-state index in [2.05, 4.69) is 20.5 Å². The molecule has 0 fully saturated rings. The highest BCUT2D eigenvalue weighted by atomic mass is 16.5. The molecule has 2 aromatic carbocycles. The molecule has 0 radical (unpaired) electrons.